The zero-order chi connectivity index (χ0) is 13.0. The molecule has 0 atom stereocenters. The van der Waals surface area contributed by atoms with Crippen molar-refractivity contribution in [1.29, 1.82) is 0 Å². The van der Waals surface area contributed by atoms with E-state index in [4.69, 9.17) is 0 Å². The summed E-state index contributed by atoms with van der Waals surface area (Å²) in [4.78, 5) is 19.0. The maximum atomic E-state index is 11.4. The predicted octanol–water partition coefficient (Wildman–Crippen LogP) is 2.39. The van der Waals surface area contributed by atoms with E-state index in [1.165, 1.54) is 4.90 Å². The molecule has 0 spiro atoms. The summed E-state index contributed by atoms with van der Waals surface area (Å²) in [5.74, 6) is 0. The number of benzene rings is 1. The van der Waals surface area contributed by atoms with E-state index in [1.807, 2.05) is 17.0 Å². The molecule has 0 radical (unpaired) electrons. The number of aromatic nitrogens is 1. The molecule has 2 aliphatic rings. The van der Waals surface area contributed by atoms with E-state index in [1.54, 1.807) is 24.7 Å². The molecule has 2 aromatic rings. The molecule has 19 heavy (non-hydrogen) atoms. The summed E-state index contributed by atoms with van der Waals surface area (Å²) in [6.45, 7) is 0.619. The third-order valence-electron chi connectivity index (χ3n) is 3.43. The molecule has 0 saturated carbocycles. The van der Waals surface area contributed by atoms with Gasteiger partial charge in [-0.25, -0.2) is 4.79 Å². The molecule has 94 valence electrons. The summed E-state index contributed by atoms with van der Waals surface area (Å²) in [6.07, 6.45) is 4.11. The Hall–Kier alpha value is -2.76. The van der Waals surface area contributed by atoms with Crippen LogP contribution in [0.3, 0.4) is 0 Å². The van der Waals surface area contributed by atoms with Crippen LogP contribution in [0, 0.1) is 0 Å². The Labute approximate surface area is 108 Å². The largest absolute Gasteiger partial charge is 0.464 e. The topological polar surface area (TPSA) is 68.7 Å². The van der Waals surface area contributed by atoms with Gasteiger partial charge in [0.05, 0.1) is 40.8 Å². The molecule has 2 N–H and O–H groups in total. The van der Waals surface area contributed by atoms with E-state index in [9.17, 15) is 9.90 Å². The predicted molar refractivity (Wildman–Crippen MR) is 72.4 cm³/mol. The van der Waals surface area contributed by atoms with Crippen molar-refractivity contribution in [2.75, 3.05) is 21.8 Å². The lowest BCUT2D eigenvalue weighted by molar-refractivity contribution is 0.204. The minimum atomic E-state index is -1.00. The van der Waals surface area contributed by atoms with Gasteiger partial charge in [-0.15, -0.1) is 0 Å². The minimum Gasteiger partial charge on any atom is -0.464 e. The number of nitrogens with zero attached hydrogens (tertiary/aromatic N) is 3. The minimum absolute atomic E-state index is 0.619. The highest BCUT2D eigenvalue weighted by Crippen LogP contribution is 2.43. The third-order valence-corrected chi connectivity index (χ3v) is 3.43. The Balaban J connectivity index is 2.16. The fraction of sp³-hybridized carbons (Fsp3) is 0.0769. The van der Waals surface area contributed by atoms with Crippen LogP contribution >= 0.6 is 0 Å². The summed E-state index contributed by atoms with van der Waals surface area (Å²) in [5, 5.41) is 13.4. The fourth-order valence-electron chi connectivity index (χ4n) is 2.61. The summed E-state index contributed by atoms with van der Waals surface area (Å²) in [7, 11) is 0. The van der Waals surface area contributed by atoms with E-state index in [0.717, 1.165) is 22.3 Å². The van der Waals surface area contributed by atoms with Gasteiger partial charge >= 0.3 is 6.09 Å². The summed E-state index contributed by atoms with van der Waals surface area (Å²) in [6, 6.07) is 5.50. The van der Waals surface area contributed by atoms with Crippen LogP contribution in [0.4, 0.5) is 21.9 Å². The van der Waals surface area contributed by atoms with Crippen molar-refractivity contribution in [2.45, 2.75) is 0 Å². The maximum absolute atomic E-state index is 11.4. The molecule has 1 aromatic heterocycles. The highest BCUT2D eigenvalue weighted by molar-refractivity contribution is 6.12. The normalized spacial score (nSPS) is 15.6. The smallest absolute Gasteiger partial charge is 0.416 e. The monoisotopic (exact) mass is 254 g/mol. The number of pyridine rings is 1. The molecule has 6 heteroatoms. The second kappa shape index (κ2) is 3.38. The van der Waals surface area contributed by atoms with Gasteiger partial charge < -0.3 is 15.3 Å². The first-order valence-electron chi connectivity index (χ1n) is 5.88. The maximum Gasteiger partial charge on any atom is 0.416 e. The average Bonchev–Trinajstić information content (AvgIpc) is 2.74. The van der Waals surface area contributed by atoms with Gasteiger partial charge in [0.15, 0.2) is 0 Å². The van der Waals surface area contributed by atoms with E-state index in [-0.39, 0.29) is 0 Å². The van der Waals surface area contributed by atoms with E-state index >= 15 is 0 Å². The number of nitrogens with one attached hydrogen (secondary N) is 1. The standard InChI is InChI=1S/C13H10N4O2/c18-13(19)17-5-4-16-7-15-9-6-14-8-2-1-3-10(17)11(8)12(9)16/h1-6,15H,7H2,(H,18,19). The quantitative estimate of drug-likeness (QED) is 0.755. The van der Waals surface area contributed by atoms with Gasteiger partial charge in [-0.05, 0) is 12.1 Å². The van der Waals surface area contributed by atoms with Crippen molar-refractivity contribution in [3.63, 3.8) is 0 Å². The first kappa shape index (κ1) is 10.2. The molecular formula is C13H10N4O2. The number of anilines is 3. The number of hydrogen-bond acceptors (Lipinski definition) is 4. The molecule has 0 aliphatic carbocycles. The van der Waals surface area contributed by atoms with Crippen LogP contribution in [0.1, 0.15) is 0 Å². The van der Waals surface area contributed by atoms with Crippen molar-refractivity contribution in [3.05, 3.63) is 36.8 Å². The van der Waals surface area contributed by atoms with Crippen LogP contribution in [0.15, 0.2) is 36.8 Å². The van der Waals surface area contributed by atoms with Crippen LogP contribution in [0.2, 0.25) is 0 Å². The summed E-state index contributed by atoms with van der Waals surface area (Å²) < 4.78 is 0. The first-order chi connectivity index (χ1) is 9.25. The molecule has 2 aliphatic heterocycles. The molecule has 0 bridgehead atoms. The summed E-state index contributed by atoms with van der Waals surface area (Å²) in [5.41, 5.74) is 3.34. The van der Waals surface area contributed by atoms with Crippen molar-refractivity contribution in [2.24, 2.45) is 0 Å². The molecular weight excluding hydrogens is 244 g/mol. The number of hydrogen-bond donors (Lipinski definition) is 2. The van der Waals surface area contributed by atoms with Crippen molar-refractivity contribution < 1.29 is 9.90 Å². The second-order valence-electron chi connectivity index (χ2n) is 4.45. The number of rotatable bonds is 0. The van der Waals surface area contributed by atoms with Crippen molar-refractivity contribution >= 4 is 34.1 Å². The van der Waals surface area contributed by atoms with Crippen LogP contribution in [0.5, 0.6) is 0 Å². The van der Waals surface area contributed by atoms with Gasteiger partial charge in [-0.3, -0.25) is 9.88 Å². The molecule has 0 unspecified atom stereocenters. The Bertz CT molecular complexity index is 741. The van der Waals surface area contributed by atoms with Gasteiger partial charge in [0.25, 0.3) is 0 Å². The number of amides is 1. The molecule has 1 aromatic carbocycles. The Morgan fingerprint density at radius 2 is 2.26 bits per heavy atom. The van der Waals surface area contributed by atoms with Crippen LogP contribution in [-0.4, -0.2) is 22.9 Å². The molecule has 0 saturated heterocycles. The average molecular weight is 254 g/mol. The Kier molecular flexibility index (Phi) is 1.81. The van der Waals surface area contributed by atoms with Gasteiger partial charge in [0.2, 0.25) is 0 Å². The van der Waals surface area contributed by atoms with E-state index in [0.29, 0.717) is 12.4 Å². The Morgan fingerprint density at radius 3 is 3.11 bits per heavy atom. The lowest BCUT2D eigenvalue weighted by Gasteiger charge is -2.16. The number of carboxylic acid groups (broad SMARTS) is 1. The zero-order valence-electron chi connectivity index (χ0n) is 9.87. The lowest BCUT2D eigenvalue weighted by atomic mass is 10.1. The SMILES string of the molecule is O=C(O)N1C=CN2CNc3cnc4cccc1c4c32. The van der Waals surface area contributed by atoms with Crippen LogP contribution in [-0.2, 0) is 0 Å². The molecule has 6 nitrogen and oxygen atoms in total. The lowest BCUT2D eigenvalue weighted by Crippen LogP contribution is -2.23. The van der Waals surface area contributed by atoms with Crippen LogP contribution in [0.25, 0.3) is 10.9 Å². The van der Waals surface area contributed by atoms with Gasteiger partial charge in [0, 0.05) is 12.4 Å². The molecule has 3 heterocycles. The van der Waals surface area contributed by atoms with Crippen molar-refractivity contribution in [1.82, 2.24) is 4.98 Å². The van der Waals surface area contributed by atoms with Crippen LogP contribution < -0.4 is 15.1 Å². The molecule has 4 rings (SSSR count). The first-order valence-corrected chi connectivity index (χ1v) is 5.88. The number of carbonyl (C=O) groups is 1. The summed E-state index contributed by atoms with van der Waals surface area (Å²) >= 11 is 0. The van der Waals surface area contributed by atoms with Gasteiger partial charge in [-0.2, -0.15) is 0 Å². The highest BCUT2D eigenvalue weighted by Gasteiger charge is 2.27. The molecule has 0 fully saturated rings. The van der Waals surface area contributed by atoms with E-state index < -0.39 is 6.09 Å². The van der Waals surface area contributed by atoms with E-state index in [2.05, 4.69) is 10.3 Å². The third kappa shape index (κ3) is 1.25. The zero-order valence-corrected chi connectivity index (χ0v) is 9.87. The van der Waals surface area contributed by atoms with Gasteiger partial charge in [0.1, 0.15) is 0 Å². The molecule has 1 amide bonds. The Morgan fingerprint density at radius 1 is 1.37 bits per heavy atom. The highest BCUT2D eigenvalue weighted by atomic mass is 16.4. The second-order valence-corrected chi connectivity index (χ2v) is 4.45. The van der Waals surface area contributed by atoms with Crippen molar-refractivity contribution in [3.8, 4) is 0 Å². The van der Waals surface area contributed by atoms with Gasteiger partial charge in [-0.1, -0.05) is 6.07 Å². The fourth-order valence-corrected chi connectivity index (χ4v) is 2.61.